The van der Waals surface area contributed by atoms with Crippen LogP contribution in [0.5, 0.6) is 0 Å². The third kappa shape index (κ3) is 3.81. The summed E-state index contributed by atoms with van der Waals surface area (Å²) in [5, 5.41) is 8.55. The van der Waals surface area contributed by atoms with Gasteiger partial charge in [0.25, 0.3) is 0 Å². The molecule has 0 aliphatic rings. The van der Waals surface area contributed by atoms with Crippen LogP contribution in [-0.4, -0.2) is 30.9 Å². The van der Waals surface area contributed by atoms with Crippen LogP contribution in [0, 0.1) is 11.3 Å². The zero-order valence-corrected chi connectivity index (χ0v) is 10.3. The van der Waals surface area contributed by atoms with Crippen LogP contribution in [-0.2, 0) is 19.1 Å². The summed E-state index contributed by atoms with van der Waals surface area (Å²) < 4.78 is 9.18. The van der Waals surface area contributed by atoms with Crippen LogP contribution in [0.2, 0.25) is 0 Å². The van der Waals surface area contributed by atoms with Crippen molar-refractivity contribution in [1.29, 1.82) is 0 Å². The molecule has 0 heterocycles. The van der Waals surface area contributed by atoms with Gasteiger partial charge < -0.3 is 14.6 Å². The Kier molecular flexibility index (Phi) is 6.03. The van der Waals surface area contributed by atoms with Gasteiger partial charge in [0.2, 0.25) is 0 Å². The lowest BCUT2D eigenvalue weighted by atomic mass is 9.79. The molecule has 2 unspecified atom stereocenters. The highest BCUT2D eigenvalue weighted by atomic mass is 16.6. The first kappa shape index (κ1) is 14.9. The Morgan fingerprint density at radius 3 is 2.38 bits per heavy atom. The van der Waals surface area contributed by atoms with Crippen molar-refractivity contribution in [3.05, 3.63) is 0 Å². The van der Waals surface area contributed by atoms with Gasteiger partial charge in [0.15, 0.2) is 6.79 Å². The Labute approximate surface area is 95.7 Å². The molecule has 0 saturated carbocycles. The number of hydrogen-bond acceptors (Lipinski definition) is 5. The maximum Gasteiger partial charge on any atom is 0.313 e. The molecule has 0 aromatic carbocycles. The van der Waals surface area contributed by atoms with E-state index in [4.69, 9.17) is 5.11 Å². The van der Waals surface area contributed by atoms with E-state index in [2.05, 4.69) is 9.47 Å². The zero-order valence-electron chi connectivity index (χ0n) is 10.3. The molecule has 0 fully saturated rings. The maximum absolute atomic E-state index is 11.6. The fraction of sp³-hybridized carbons (Fsp3) is 0.818. The molecule has 2 atom stereocenters. The lowest BCUT2D eigenvalue weighted by Crippen LogP contribution is -2.33. The highest BCUT2D eigenvalue weighted by molar-refractivity contribution is 5.78. The predicted octanol–water partition coefficient (Wildman–Crippen LogP) is 1.09. The molecule has 94 valence electrons. The Bertz CT molecular complexity index is 251. The predicted molar refractivity (Wildman–Crippen MR) is 57.4 cm³/mol. The van der Waals surface area contributed by atoms with Crippen molar-refractivity contribution < 1.29 is 24.2 Å². The van der Waals surface area contributed by atoms with Gasteiger partial charge in [-0.1, -0.05) is 13.8 Å². The number of methoxy groups -OCH3 is 1. The quantitative estimate of drug-likeness (QED) is 0.548. The number of aliphatic hydroxyl groups is 1. The molecular formula is C11H20O5. The number of carbonyl (C=O) groups is 2. The third-order valence-corrected chi connectivity index (χ3v) is 2.83. The van der Waals surface area contributed by atoms with Crippen molar-refractivity contribution in [1.82, 2.24) is 0 Å². The molecule has 5 nitrogen and oxygen atoms in total. The lowest BCUT2D eigenvalue weighted by molar-refractivity contribution is -0.165. The molecule has 0 rings (SSSR count). The molecule has 0 spiro atoms. The van der Waals surface area contributed by atoms with Crippen LogP contribution < -0.4 is 0 Å². The van der Waals surface area contributed by atoms with E-state index in [0.29, 0.717) is 12.8 Å². The molecule has 0 aliphatic heterocycles. The topological polar surface area (TPSA) is 72.8 Å². The minimum atomic E-state index is -0.768. The van der Waals surface area contributed by atoms with E-state index in [1.807, 2.05) is 6.92 Å². The first-order chi connectivity index (χ1) is 7.41. The number of esters is 2. The highest BCUT2D eigenvalue weighted by Crippen LogP contribution is 2.31. The molecule has 0 radical (unpaired) electrons. The fourth-order valence-corrected chi connectivity index (χ4v) is 1.57. The van der Waals surface area contributed by atoms with Gasteiger partial charge in [-0.3, -0.25) is 9.59 Å². The summed E-state index contributed by atoms with van der Waals surface area (Å²) in [5.74, 6) is -1.22. The lowest BCUT2D eigenvalue weighted by Gasteiger charge is -2.27. The van der Waals surface area contributed by atoms with Gasteiger partial charge in [-0.2, -0.15) is 0 Å². The van der Waals surface area contributed by atoms with Gasteiger partial charge in [0, 0.05) is 0 Å². The molecule has 5 heteroatoms. The molecular weight excluding hydrogens is 212 g/mol. The van der Waals surface area contributed by atoms with E-state index in [0.717, 1.165) is 0 Å². The SMILES string of the molecule is CCC(C)(CC(C)C(=O)OC)C(=O)OCO. The van der Waals surface area contributed by atoms with E-state index in [1.165, 1.54) is 7.11 Å². The minimum absolute atomic E-state index is 0.342. The molecule has 16 heavy (non-hydrogen) atoms. The van der Waals surface area contributed by atoms with Crippen molar-refractivity contribution in [2.75, 3.05) is 13.9 Å². The summed E-state index contributed by atoms with van der Waals surface area (Å²) in [6, 6.07) is 0. The van der Waals surface area contributed by atoms with E-state index >= 15 is 0 Å². The van der Waals surface area contributed by atoms with E-state index in [9.17, 15) is 9.59 Å². The average molecular weight is 232 g/mol. The molecule has 1 N–H and O–H groups in total. The zero-order chi connectivity index (χ0) is 12.8. The number of ether oxygens (including phenoxy) is 2. The van der Waals surface area contributed by atoms with Crippen molar-refractivity contribution >= 4 is 11.9 Å². The van der Waals surface area contributed by atoms with Crippen LogP contribution in [0.3, 0.4) is 0 Å². The van der Waals surface area contributed by atoms with Crippen molar-refractivity contribution in [3.8, 4) is 0 Å². The van der Waals surface area contributed by atoms with Gasteiger partial charge in [0.1, 0.15) is 0 Å². The van der Waals surface area contributed by atoms with Crippen molar-refractivity contribution in [2.45, 2.75) is 33.6 Å². The first-order valence-electron chi connectivity index (χ1n) is 5.27. The molecule has 0 saturated heterocycles. The Morgan fingerprint density at radius 1 is 1.44 bits per heavy atom. The largest absolute Gasteiger partial charge is 0.469 e. The van der Waals surface area contributed by atoms with Crippen LogP contribution >= 0.6 is 0 Å². The van der Waals surface area contributed by atoms with E-state index in [1.54, 1.807) is 13.8 Å². The van der Waals surface area contributed by atoms with Crippen LogP contribution in [0.4, 0.5) is 0 Å². The van der Waals surface area contributed by atoms with Crippen molar-refractivity contribution in [2.24, 2.45) is 11.3 Å². The van der Waals surface area contributed by atoms with Crippen LogP contribution in [0.25, 0.3) is 0 Å². The van der Waals surface area contributed by atoms with Crippen LogP contribution in [0.15, 0.2) is 0 Å². The van der Waals surface area contributed by atoms with Gasteiger partial charge in [0.05, 0.1) is 18.4 Å². The summed E-state index contributed by atoms with van der Waals surface area (Å²) in [5.41, 5.74) is -0.768. The Balaban J connectivity index is 4.59. The first-order valence-corrected chi connectivity index (χ1v) is 5.27. The van der Waals surface area contributed by atoms with Gasteiger partial charge in [-0.25, -0.2) is 0 Å². The summed E-state index contributed by atoms with van der Waals surface area (Å²) >= 11 is 0. The number of aliphatic hydroxyl groups excluding tert-OH is 1. The number of hydrogen-bond donors (Lipinski definition) is 1. The van der Waals surface area contributed by atoms with Gasteiger partial charge in [-0.15, -0.1) is 0 Å². The van der Waals surface area contributed by atoms with Gasteiger partial charge in [-0.05, 0) is 19.8 Å². The number of carbonyl (C=O) groups excluding carboxylic acids is 2. The molecule has 0 aliphatic carbocycles. The second-order valence-corrected chi connectivity index (χ2v) is 4.10. The molecule has 0 aromatic heterocycles. The summed E-state index contributed by atoms with van der Waals surface area (Å²) in [4.78, 5) is 22.9. The monoisotopic (exact) mass is 232 g/mol. The smallest absolute Gasteiger partial charge is 0.313 e. The van der Waals surface area contributed by atoms with Crippen molar-refractivity contribution in [3.63, 3.8) is 0 Å². The second kappa shape index (κ2) is 6.48. The third-order valence-electron chi connectivity index (χ3n) is 2.83. The number of rotatable bonds is 6. The summed E-state index contributed by atoms with van der Waals surface area (Å²) in [6.45, 7) is 4.61. The summed E-state index contributed by atoms with van der Waals surface area (Å²) in [6.07, 6.45) is 0.877. The second-order valence-electron chi connectivity index (χ2n) is 4.10. The molecule has 0 bridgehead atoms. The maximum atomic E-state index is 11.6. The summed E-state index contributed by atoms with van der Waals surface area (Å²) in [7, 11) is 1.31. The normalized spacial score (nSPS) is 16.1. The fourth-order valence-electron chi connectivity index (χ4n) is 1.57. The van der Waals surface area contributed by atoms with Gasteiger partial charge >= 0.3 is 11.9 Å². The highest BCUT2D eigenvalue weighted by Gasteiger charge is 2.36. The van der Waals surface area contributed by atoms with E-state index in [-0.39, 0.29) is 11.9 Å². The Morgan fingerprint density at radius 2 is 2.00 bits per heavy atom. The molecule has 0 aromatic rings. The Hall–Kier alpha value is -1.10. The molecule has 0 amide bonds. The standard InChI is InChI=1S/C11H20O5/c1-5-11(3,10(14)16-7-12)6-8(2)9(13)15-4/h8,12H,5-7H2,1-4H3. The average Bonchev–Trinajstić information content (AvgIpc) is 2.27. The minimum Gasteiger partial charge on any atom is -0.469 e. The van der Waals surface area contributed by atoms with Crippen LogP contribution in [0.1, 0.15) is 33.6 Å². The van der Waals surface area contributed by atoms with E-state index < -0.39 is 18.2 Å².